The van der Waals surface area contributed by atoms with Crippen LogP contribution >= 0.6 is 15.8 Å². The maximum Gasteiger partial charge on any atom is 0.0186 e. The van der Waals surface area contributed by atoms with Crippen molar-refractivity contribution in [3.8, 4) is 0 Å². The van der Waals surface area contributed by atoms with Gasteiger partial charge < -0.3 is 0 Å². The molecular formula is C38H58P2. The number of allylic oxidation sites excluding steroid dienone is 4. The number of hydrogen-bond donors (Lipinski definition) is 0. The summed E-state index contributed by atoms with van der Waals surface area (Å²) in [6.07, 6.45) is 37.6. The Morgan fingerprint density at radius 2 is 0.975 bits per heavy atom. The molecule has 1 aromatic carbocycles. The van der Waals surface area contributed by atoms with E-state index < -0.39 is 0 Å². The van der Waals surface area contributed by atoms with Crippen LogP contribution in [0.2, 0.25) is 0 Å². The molecule has 4 fully saturated rings. The van der Waals surface area contributed by atoms with Crippen molar-refractivity contribution in [2.24, 2.45) is 5.41 Å². The number of rotatable bonds is 7. The molecule has 0 heterocycles. The third kappa shape index (κ3) is 6.55. The lowest BCUT2D eigenvalue weighted by molar-refractivity contribution is 0.414. The summed E-state index contributed by atoms with van der Waals surface area (Å²) < 4.78 is 0. The van der Waals surface area contributed by atoms with Gasteiger partial charge in [0.05, 0.1) is 0 Å². The first kappa shape index (κ1) is 29.6. The predicted octanol–water partition coefficient (Wildman–Crippen LogP) is 12.2. The molecule has 1 aromatic rings. The maximum absolute atomic E-state index is 2.70. The normalized spacial score (nSPS) is 27.8. The Morgan fingerprint density at radius 1 is 0.550 bits per heavy atom. The van der Waals surface area contributed by atoms with Gasteiger partial charge in [-0.2, -0.15) is 0 Å². The van der Waals surface area contributed by atoms with E-state index in [-0.39, 0.29) is 21.3 Å². The van der Waals surface area contributed by atoms with Crippen LogP contribution in [-0.2, 0) is 0 Å². The summed E-state index contributed by atoms with van der Waals surface area (Å²) >= 11 is 0. The van der Waals surface area contributed by atoms with E-state index in [4.69, 9.17) is 0 Å². The van der Waals surface area contributed by atoms with Gasteiger partial charge in [-0.15, -0.1) is 0 Å². The average molecular weight is 577 g/mol. The van der Waals surface area contributed by atoms with Gasteiger partial charge in [-0.3, -0.25) is 0 Å². The molecule has 0 bridgehead atoms. The Bertz CT molecular complexity index is 960. The van der Waals surface area contributed by atoms with Gasteiger partial charge in [0.2, 0.25) is 0 Å². The van der Waals surface area contributed by atoms with Gasteiger partial charge in [0.25, 0.3) is 0 Å². The summed E-state index contributed by atoms with van der Waals surface area (Å²) in [7, 11) is -0.171. The minimum Gasteiger partial charge on any atom is -0.0779 e. The monoisotopic (exact) mass is 576 g/mol. The second-order valence-corrected chi connectivity index (χ2v) is 20.3. The fraction of sp³-hybridized carbons (Fsp3) is 0.737. The summed E-state index contributed by atoms with van der Waals surface area (Å²) in [6, 6.07) is 10.2. The van der Waals surface area contributed by atoms with Crippen LogP contribution in [0.3, 0.4) is 0 Å². The van der Waals surface area contributed by atoms with E-state index in [2.05, 4.69) is 56.3 Å². The molecule has 5 aliphatic rings. The van der Waals surface area contributed by atoms with Crippen LogP contribution in [0.5, 0.6) is 0 Å². The van der Waals surface area contributed by atoms with Crippen LogP contribution < -0.4 is 5.30 Å². The highest BCUT2D eigenvalue weighted by molar-refractivity contribution is 7.67. The molecule has 1 atom stereocenters. The highest BCUT2D eigenvalue weighted by atomic mass is 31.1. The zero-order valence-electron chi connectivity index (χ0n) is 26.0. The zero-order valence-corrected chi connectivity index (χ0v) is 27.8. The molecule has 2 heteroatoms. The molecule has 5 aliphatic carbocycles. The molecule has 0 amide bonds. The summed E-state index contributed by atoms with van der Waals surface area (Å²) in [4.78, 5) is 0. The molecule has 0 nitrogen and oxygen atoms in total. The first-order valence-corrected chi connectivity index (χ1v) is 20.6. The van der Waals surface area contributed by atoms with E-state index in [1.54, 1.807) is 5.56 Å². The smallest absolute Gasteiger partial charge is 0.0186 e. The fourth-order valence-corrected chi connectivity index (χ4v) is 17.9. The first-order chi connectivity index (χ1) is 19.6. The van der Waals surface area contributed by atoms with Crippen molar-refractivity contribution < 1.29 is 0 Å². The minimum atomic E-state index is -0.0905. The van der Waals surface area contributed by atoms with Crippen molar-refractivity contribution in [3.63, 3.8) is 0 Å². The standard InChI is InChI=1S/C38H58P2/c1-38(2)29-17-28-36(40(32-22-11-5-12-23-32)33-24-13-6-14-25-33)37(38)34-26-15-16-27-35(34)39(30-18-7-3-8-19-30)31-20-9-4-10-21-31/h15-17,26-33,37H,3-14,18-25H2,1-2H3/t37-/m0/s1. The van der Waals surface area contributed by atoms with Gasteiger partial charge in [0.1, 0.15) is 0 Å². The molecule has 0 aromatic heterocycles. The lowest BCUT2D eigenvalue weighted by atomic mass is 9.72. The maximum atomic E-state index is 2.70. The van der Waals surface area contributed by atoms with Gasteiger partial charge in [0.15, 0.2) is 0 Å². The highest BCUT2D eigenvalue weighted by Gasteiger charge is 2.44. The molecule has 220 valence electrons. The van der Waals surface area contributed by atoms with E-state index >= 15 is 0 Å². The molecule has 40 heavy (non-hydrogen) atoms. The molecule has 0 saturated heterocycles. The minimum absolute atomic E-state index is 0.0801. The van der Waals surface area contributed by atoms with E-state index in [0.29, 0.717) is 5.92 Å². The molecule has 0 spiro atoms. The lowest BCUT2D eigenvalue weighted by Gasteiger charge is -2.48. The second-order valence-electron chi connectivity index (χ2n) is 14.7. The van der Waals surface area contributed by atoms with Crippen LogP contribution in [0.1, 0.15) is 154 Å². The van der Waals surface area contributed by atoms with Gasteiger partial charge in [-0.05, 0) is 95.6 Å². The largest absolute Gasteiger partial charge is 0.0779 e. The van der Waals surface area contributed by atoms with Crippen molar-refractivity contribution in [1.29, 1.82) is 0 Å². The molecule has 0 N–H and O–H groups in total. The quantitative estimate of drug-likeness (QED) is 0.283. The average Bonchev–Trinajstić information content (AvgIpc) is 3.00. The topological polar surface area (TPSA) is 0 Å². The molecule has 0 aliphatic heterocycles. The van der Waals surface area contributed by atoms with Crippen molar-refractivity contribution in [1.82, 2.24) is 0 Å². The Balaban J connectivity index is 1.43. The lowest BCUT2D eigenvalue weighted by Crippen LogP contribution is -2.34. The van der Waals surface area contributed by atoms with Crippen LogP contribution in [0.15, 0.2) is 47.8 Å². The fourth-order valence-electron chi connectivity index (χ4n) is 9.58. The molecular weight excluding hydrogens is 518 g/mol. The van der Waals surface area contributed by atoms with Crippen molar-refractivity contribution in [2.45, 2.75) is 171 Å². The third-order valence-corrected chi connectivity index (χ3v) is 18.7. The molecule has 4 saturated carbocycles. The van der Waals surface area contributed by atoms with Crippen LogP contribution in [0, 0.1) is 5.41 Å². The second kappa shape index (κ2) is 13.9. The Kier molecular flexibility index (Phi) is 10.3. The number of hydrogen-bond acceptors (Lipinski definition) is 0. The summed E-state index contributed by atoms with van der Waals surface area (Å²) in [5.41, 5.74) is 5.89. The SMILES string of the molecule is CC1(C)C=CC=C(P(C2CCCCC2)C2CCCCC2)[C@@H]1c1ccccc1P(C1CCCCC1)C1CCCCC1. The van der Waals surface area contributed by atoms with Crippen LogP contribution in [-0.4, -0.2) is 22.6 Å². The van der Waals surface area contributed by atoms with Gasteiger partial charge in [-0.1, -0.05) is 149 Å². The predicted molar refractivity (Wildman–Crippen MR) is 181 cm³/mol. The molecule has 6 rings (SSSR count). The Hall–Kier alpha value is -0.440. The van der Waals surface area contributed by atoms with Crippen molar-refractivity contribution >= 4 is 21.1 Å². The van der Waals surface area contributed by atoms with Gasteiger partial charge in [0, 0.05) is 5.92 Å². The van der Waals surface area contributed by atoms with E-state index in [9.17, 15) is 0 Å². The van der Waals surface area contributed by atoms with Crippen LogP contribution in [0.4, 0.5) is 0 Å². The van der Waals surface area contributed by atoms with E-state index in [0.717, 1.165) is 22.6 Å². The van der Waals surface area contributed by atoms with E-state index in [1.807, 2.05) is 10.6 Å². The zero-order chi connectivity index (χ0) is 27.4. The van der Waals surface area contributed by atoms with Crippen molar-refractivity contribution in [2.75, 3.05) is 0 Å². The first-order valence-electron chi connectivity index (χ1n) is 17.7. The molecule has 0 radical (unpaired) electrons. The summed E-state index contributed by atoms with van der Waals surface area (Å²) in [5, 5.41) is 3.79. The summed E-state index contributed by atoms with van der Waals surface area (Å²) in [5.74, 6) is 0.584. The van der Waals surface area contributed by atoms with Gasteiger partial charge in [-0.25, -0.2) is 0 Å². The van der Waals surface area contributed by atoms with Gasteiger partial charge >= 0.3 is 0 Å². The van der Waals surface area contributed by atoms with Crippen LogP contribution in [0.25, 0.3) is 0 Å². The van der Waals surface area contributed by atoms with E-state index in [1.165, 1.54) is 128 Å². The highest BCUT2D eigenvalue weighted by Crippen LogP contribution is 2.68. The Morgan fingerprint density at radius 3 is 1.45 bits per heavy atom. The third-order valence-electron chi connectivity index (χ3n) is 11.5. The number of benzene rings is 1. The summed E-state index contributed by atoms with van der Waals surface area (Å²) in [6.45, 7) is 5.19. The molecule has 0 unspecified atom stereocenters. The van der Waals surface area contributed by atoms with Crippen molar-refractivity contribution in [3.05, 3.63) is 53.4 Å². The Labute approximate surface area is 250 Å².